The molecule has 1 atom stereocenters. The highest BCUT2D eigenvalue weighted by molar-refractivity contribution is 9.10. The monoisotopic (exact) mass is 441 g/mol. The summed E-state index contributed by atoms with van der Waals surface area (Å²) in [5, 5.41) is 3.32. The van der Waals surface area contributed by atoms with Crippen molar-refractivity contribution in [1.82, 2.24) is 15.2 Å². The van der Waals surface area contributed by atoms with Crippen LogP contribution in [-0.2, 0) is 0 Å². The van der Waals surface area contributed by atoms with Gasteiger partial charge in [0.15, 0.2) is 5.76 Å². The van der Waals surface area contributed by atoms with E-state index in [-0.39, 0.29) is 11.9 Å². The Morgan fingerprint density at radius 3 is 2.89 bits per heavy atom. The van der Waals surface area contributed by atoms with Gasteiger partial charge in [0.2, 0.25) is 0 Å². The molecule has 6 nitrogen and oxygen atoms in total. The SMILES string of the molecule is O=C(c1ccc(-c2ccc(Br)cc2)o1)N1CCNCC1COc1cccnc1. The third kappa shape index (κ3) is 4.26. The first kappa shape index (κ1) is 18.7. The van der Waals surface area contributed by atoms with Crippen LogP contribution in [0.1, 0.15) is 10.6 Å². The standard InChI is InChI=1S/C21H20BrN3O3/c22-16-5-3-15(4-6-16)19-7-8-20(28-19)21(26)25-11-10-24-12-17(25)14-27-18-2-1-9-23-13-18/h1-9,13,17,24H,10-12,14H2. The van der Waals surface area contributed by atoms with Crippen molar-refractivity contribution in [3.63, 3.8) is 0 Å². The summed E-state index contributed by atoms with van der Waals surface area (Å²) in [5.74, 6) is 1.58. The molecule has 1 unspecified atom stereocenters. The average molecular weight is 442 g/mol. The van der Waals surface area contributed by atoms with E-state index in [9.17, 15) is 4.79 Å². The Labute approximate surface area is 171 Å². The topological polar surface area (TPSA) is 67.6 Å². The molecule has 1 amide bonds. The van der Waals surface area contributed by atoms with Gasteiger partial charge in [-0.1, -0.05) is 28.1 Å². The maximum atomic E-state index is 13.0. The molecule has 0 aliphatic carbocycles. The Balaban J connectivity index is 1.46. The fraction of sp³-hybridized carbons (Fsp3) is 0.238. The van der Waals surface area contributed by atoms with Gasteiger partial charge in [-0.05, 0) is 36.4 Å². The number of pyridine rings is 1. The number of nitrogens with zero attached hydrogens (tertiary/aromatic N) is 2. The average Bonchev–Trinajstić information content (AvgIpc) is 3.23. The Hall–Kier alpha value is -2.64. The van der Waals surface area contributed by atoms with Crippen LogP contribution in [0.5, 0.6) is 5.75 Å². The van der Waals surface area contributed by atoms with E-state index in [4.69, 9.17) is 9.15 Å². The van der Waals surface area contributed by atoms with Crippen LogP contribution in [0.3, 0.4) is 0 Å². The van der Waals surface area contributed by atoms with Crippen LogP contribution in [0.4, 0.5) is 0 Å². The van der Waals surface area contributed by atoms with Crippen molar-refractivity contribution >= 4 is 21.8 Å². The van der Waals surface area contributed by atoms with Crippen LogP contribution in [0.25, 0.3) is 11.3 Å². The number of nitrogens with one attached hydrogen (secondary N) is 1. The van der Waals surface area contributed by atoms with E-state index in [2.05, 4.69) is 26.2 Å². The van der Waals surface area contributed by atoms with E-state index in [0.717, 1.165) is 16.6 Å². The number of halogens is 1. The van der Waals surface area contributed by atoms with Gasteiger partial charge in [-0.15, -0.1) is 0 Å². The summed E-state index contributed by atoms with van der Waals surface area (Å²) in [4.78, 5) is 18.9. The maximum absolute atomic E-state index is 13.0. The van der Waals surface area contributed by atoms with Crippen LogP contribution in [-0.4, -0.2) is 48.1 Å². The number of rotatable bonds is 5. The van der Waals surface area contributed by atoms with E-state index in [0.29, 0.717) is 37.0 Å². The van der Waals surface area contributed by atoms with E-state index < -0.39 is 0 Å². The maximum Gasteiger partial charge on any atom is 0.290 e. The molecule has 3 heterocycles. The first-order valence-corrected chi connectivity index (χ1v) is 9.90. The van der Waals surface area contributed by atoms with Gasteiger partial charge in [0, 0.05) is 35.9 Å². The second kappa shape index (κ2) is 8.58. The first-order valence-electron chi connectivity index (χ1n) is 9.11. The molecule has 1 aliphatic rings. The van der Waals surface area contributed by atoms with Crippen LogP contribution in [0.2, 0.25) is 0 Å². The van der Waals surface area contributed by atoms with E-state index in [1.807, 2.05) is 47.4 Å². The highest BCUT2D eigenvalue weighted by Crippen LogP contribution is 2.25. The van der Waals surface area contributed by atoms with Gasteiger partial charge in [0.1, 0.15) is 18.1 Å². The molecule has 1 aromatic carbocycles. The molecule has 4 rings (SSSR count). The zero-order valence-corrected chi connectivity index (χ0v) is 16.8. The van der Waals surface area contributed by atoms with Gasteiger partial charge < -0.3 is 19.4 Å². The zero-order chi connectivity index (χ0) is 19.3. The molecule has 144 valence electrons. The second-order valence-corrected chi connectivity index (χ2v) is 7.44. The molecule has 0 bridgehead atoms. The molecule has 0 spiro atoms. The predicted octanol–water partition coefficient (Wildman–Crippen LogP) is 3.60. The van der Waals surface area contributed by atoms with Crippen molar-refractivity contribution in [3.05, 3.63) is 71.2 Å². The number of furan rings is 1. The number of carbonyl (C=O) groups excluding carboxylic acids is 1. The summed E-state index contributed by atoms with van der Waals surface area (Å²) in [6.45, 7) is 2.42. The second-order valence-electron chi connectivity index (χ2n) is 6.53. The van der Waals surface area contributed by atoms with Crippen molar-refractivity contribution in [2.24, 2.45) is 0 Å². The smallest absolute Gasteiger partial charge is 0.290 e. The molecule has 1 fully saturated rings. The lowest BCUT2D eigenvalue weighted by Gasteiger charge is -2.35. The van der Waals surface area contributed by atoms with Gasteiger partial charge in [0.25, 0.3) is 5.91 Å². The Morgan fingerprint density at radius 2 is 2.11 bits per heavy atom. The summed E-state index contributed by atoms with van der Waals surface area (Å²) in [7, 11) is 0. The highest BCUT2D eigenvalue weighted by Gasteiger charge is 2.29. The molecule has 1 aliphatic heterocycles. The molecule has 3 aromatic rings. The number of hydrogen-bond donors (Lipinski definition) is 1. The fourth-order valence-corrected chi connectivity index (χ4v) is 3.43. The summed E-state index contributed by atoms with van der Waals surface area (Å²) < 4.78 is 12.7. The zero-order valence-electron chi connectivity index (χ0n) is 15.2. The van der Waals surface area contributed by atoms with Crippen molar-refractivity contribution in [1.29, 1.82) is 0 Å². The Bertz CT molecular complexity index is 928. The van der Waals surface area contributed by atoms with E-state index >= 15 is 0 Å². The van der Waals surface area contributed by atoms with Crippen molar-refractivity contribution in [2.75, 3.05) is 26.2 Å². The minimum atomic E-state index is -0.121. The molecule has 1 saturated heterocycles. The number of carbonyl (C=O) groups is 1. The lowest BCUT2D eigenvalue weighted by molar-refractivity contribution is 0.0529. The number of ether oxygens (including phenoxy) is 1. The van der Waals surface area contributed by atoms with Gasteiger partial charge in [-0.3, -0.25) is 9.78 Å². The molecular weight excluding hydrogens is 422 g/mol. The summed E-state index contributed by atoms with van der Waals surface area (Å²) in [6, 6.07) is 15.0. The minimum Gasteiger partial charge on any atom is -0.490 e. The normalized spacial score (nSPS) is 16.8. The third-order valence-corrected chi connectivity index (χ3v) is 5.16. The number of aromatic nitrogens is 1. The molecule has 7 heteroatoms. The highest BCUT2D eigenvalue weighted by atomic mass is 79.9. The predicted molar refractivity (Wildman–Crippen MR) is 109 cm³/mol. The number of amides is 1. The van der Waals surface area contributed by atoms with Crippen molar-refractivity contribution < 1.29 is 13.9 Å². The van der Waals surface area contributed by atoms with E-state index in [1.54, 1.807) is 18.5 Å². The number of benzene rings is 1. The quantitative estimate of drug-likeness (QED) is 0.654. The van der Waals surface area contributed by atoms with Crippen molar-refractivity contribution in [3.8, 4) is 17.1 Å². The fourth-order valence-electron chi connectivity index (χ4n) is 3.17. The van der Waals surface area contributed by atoms with Gasteiger partial charge in [-0.2, -0.15) is 0 Å². The van der Waals surface area contributed by atoms with Crippen LogP contribution in [0.15, 0.2) is 69.8 Å². The molecular formula is C21H20BrN3O3. The Morgan fingerprint density at radius 1 is 1.25 bits per heavy atom. The molecule has 1 N–H and O–H groups in total. The van der Waals surface area contributed by atoms with Gasteiger partial charge >= 0.3 is 0 Å². The molecule has 0 saturated carbocycles. The Kier molecular flexibility index (Phi) is 5.73. The molecule has 0 radical (unpaired) electrons. The van der Waals surface area contributed by atoms with Gasteiger partial charge in [0.05, 0.1) is 12.2 Å². The van der Waals surface area contributed by atoms with E-state index in [1.165, 1.54) is 0 Å². The lowest BCUT2D eigenvalue weighted by Crippen LogP contribution is -2.55. The van der Waals surface area contributed by atoms with Gasteiger partial charge in [-0.25, -0.2) is 0 Å². The largest absolute Gasteiger partial charge is 0.490 e. The lowest BCUT2D eigenvalue weighted by atomic mass is 10.2. The summed E-state index contributed by atoms with van der Waals surface area (Å²) >= 11 is 3.42. The van der Waals surface area contributed by atoms with Crippen LogP contribution < -0.4 is 10.1 Å². The molecule has 2 aromatic heterocycles. The summed E-state index contributed by atoms with van der Waals surface area (Å²) in [5.41, 5.74) is 0.930. The number of hydrogen-bond acceptors (Lipinski definition) is 5. The van der Waals surface area contributed by atoms with Crippen LogP contribution >= 0.6 is 15.9 Å². The molecule has 28 heavy (non-hydrogen) atoms. The third-order valence-electron chi connectivity index (χ3n) is 4.63. The number of piperazine rings is 1. The van der Waals surface area contributed by atoms with Crippen molar-refractivity contribution in [2.45, 2.75) is 6.04 Å². The van der Waals surface area contributed by atoms with Crippen LogP contribution in [0, 0.1) is 0 Å². The minimum absolute atomic E-state index is 0.0808. The summed E-state index contributed by atoms with van der Waals surface area (Å²) in [6.07, 6.45) is 3.37. The first-order chi connectivity index (χ1) is 13.7.